The van der Waals surface area contributed by atoms with Crippen LogP contribution >= 0.6 is 0 Å². The highest BCUT2D eigenvalue weighted by molar-refractivity contribution is 5.74. The quantitative estimate of drug-likeness (QED) is 0.352. The summed E-state index contributed by atoms with van der Waals surface area (Å²) in [6, 6.07) is 3.38. The van der Waals surface area contributed by atoms with Crippen LogP contribution in [0.5, 0.6) is 0 Å². The van der Waals surface area contributed by atoms with Crippen LogP contribution in [0.15, 0.2) is 17.2 Å². The molecule has 0 aliphatic heterocycles. The number of nitrogens with zero attached hydrogens (tertiary/aromatic N) is 3. The van der Waals surface area contributed by atoms with Crippen LogP contribution in [0, 0.1) is 6.92 Å². The lowest BCUT2D eigenvalue weighted by atomic mass is 9.99. The highest BCUT2D eigenvalue weighted by Crippen LogP contribution is 2.24. The van der Waals surface area contributed by atoms with Gasteiger partial charge >= 0.3 is 11.9 Å². The van der Waals surface area contributed by atoms with Crippen LogP contribution < -0.4 is 5.32 Å². The van der Waals surface area contributed by atoms with E-state index in [1.165, 1.54) is 7.11 Å². The van der Waals surface area contributed by atoms with Crippen molar-refractivity contribution in [3.8, 4) is 0 Å². The molecule has 0 atom stereocenters. The van der Waals surface area contributed by atoms with Gasteiger partial charge in [0.2, 0.25) is 0 Å². The second kappa shape index (κ2) is 9.05. The van der Waals surface area contributed by atoms with Crippen LogP contribution in [0.3, 0.4) is 0 Å². The van der Waals surface area contributed by atoms with E-state index in [1.54, 1.807) is 32.9 Å². The van der Waals surface area contributed by atoms with Gasteiger partial charge in [-0.3, -0.25) is 9.59 Å². The highest BCUT2D eigenvalue weighted by Gasteiger charge is 2.16. The fraction of sp³-hybridized carbons (Fsp3) is 0.529. The Morgan fingerprint density at radius 1 is 1.24 bits per heavy atom. The number of carbonyl (C=O) groups is 2. The lowest BCUT2D eigenvalue weighted by Gasteiger charge is -2.20. The first-order chi connectivity index (χ1) is 11.7. The first-order valence-corrected chi connectivity index (χ1v) is 7.83. The van der Waals surface area contributed by atoms with E-state index in [-0.39, 0.29) is 24.9 Å². The zero-order chi connectivity index (χ0) is 19.0. The van der Waals surface area contributed by atoms with Gasteiger partial charge < -0.3 is 14.8 Å². The SMILES string of the molecule is COC(=O)Cc1cc(N=[N+]=[N-])cc(CNCC(=O)OC(C)(C)C)c1C. The smallest absolute Gasteiger partial charge is 0.320 e. The molecule has 25 heavy (non-hydrogen) atoms. The number of rotatable bonds is 7. The van der Waals surface area contributed by atoms with Crippen LogP contribution in [-0.2, 0) is 32.0 Å². The number of benzene rings is 1. The Balaban J connectivity index is 2.88. The summed E-state index contributed by atoms with van der Waals surface area (Å²) >= 11 is 0. The number of ether oxygens (including phenoxy) is 2. The fourth-order valence-corrected chi connectivity index (χ4v) is 2.20. The lowest BCUT2D eigenvalue weighted by molar-refractivity contribution is -0.153. The summed E-state index contributed by atoms with van der Waals surface area (Å²) in [5.41, 5.74) is 10.9. The summed E-state index contributed by atoms with van der Waals surface area (Å²) in [6.45, 7) is 7.69. The van der Waals surface area contributed by atoms with Crippen LogP contribution in [0.4, 0.5) is 5.69 Å². The average molecular weight is 348 g/mol. The van der Waals surface area contributed by atoms with Gasteiger partial charge in [-0.2, -0.15) is 0 Å². The maximum absolute atomic E-state index is 11.7. The highest BCUT2D eigenvalue weighted by atomic mass is 16.6. The van der Waals surface area contributed by atoms with Gasteiger partial charge in [0, 0.05) is 17.1 Å². The van der Waals surface area contributed by atoms with Gasteiger partial charge in [0.25, 0.3) is 0 Å². The Kier molecular flexibility index (Phi) is 7.42. The van der Waals surface area contributed by atoms with Crippen LogP contribution in [0.2, 0.25) is 0 Å². The summed E-state index contributed by atoms with van der Waals surface area (Å²) in [7, 11) is 1.32. The second-order valence-electron chi connectivity index (χ2n) is 6.52. The molecular formula is C17H24N4O4. The summed E-state index contributed by atoms with van der Waals surface area (Å²) in [5.74, 6) is -0.736. The molecular weight excluding hydrogens is 324 g/mol. The van der Waals surface area contributed by atoms with E-state index in [9.17, 15) is 9.59 Å². The van der Waals surface area contributed by atoms with Crippen LogP contribution in [0.1, 0.15) is 37.5 Å². The van der Waals surface area contributed by atoms with Crippen LogP contribution in [-0.4, -0.2) is 31.2 Å². The van der Waals surface area contributed by atoms with Crippen molar-refractivity contribution in [2.75, 3.05) is 13.7 Å². The maximum Gasteiger partial charge on any atom is 0.320 e. The third kappa shape index (κ3) is 7.24. The first kappa shape index (κ1) is 20.5. The number of azide groups is 1. The molecule has 0 aliphatic carbocycles. The van der Waals surface area contributed by atoms with Gasteiger partial charge in [-0.1, -0.05) is 5.11 Å². The molecule has 0 aliphatic rings. The molecule has 0 unspecified atom stereocenters. The largest absolute Gasteiger partial charge is 0.469 e. The molecule has 0 radical (unpaired) electrons. The van der Waals surface area contributed by atoms with Crippen molar-refractivity contribution in [3.63, 3.8) is 0 Å². The summed E-state index contributed by atoms with van der Waals surface area (Å²) in [6.07, 6.45) is 0.0796. The lowest BCUT2D eigenvalue weighted by Crippen LogP contribution is -2.31. The number of carbonyl (C=O) groups excluding carboxylic acids is 2. The van der Waals surface area contributed by atoms with Gasteiger partial charge in [0.15, 0.2) is 0 Å². The topological polar surface area (TPSA) is 113 Å². The molecule has 1 N–H and O–H groups in total. The zero-order valence-electron chi connectivity index (χ0n) is 15.3. The molecule has 0 amide bonds. The standard InChI is InChI=1S/C17H24N4O4/c1-11-12(8-15(22)24-5)6-14(20-21-18)7-13(11)9-19-10-16(23)25-17(2,3)4/h6-7,19H,8-10H2,1-5H3. The van der Waals surface area contributed by atoms with Crippen molar-refractivity contribution in [2.24, 2.45) is 5.11 Å². The summed E-state index contributed by atoms with van der Waals surface area (Å²) < 4.78 is 9.92. The number of nitrogens with one attached hydrogen (secondary N) is 1. The van der Waals surface area contributed by atoms with Gasteiger partial charge in [-0.05, 0) is 62.0 Å². The van der Waals surface area contributed by atoms with Crippen molar-refractivity contribution in [1.82, 2.24) is 5.32 Å². The molecule has 0 aromatic heterocycles. The van der Waals surface area contributed by atoms with E-state index in [1.807, 2.05) is 6.92 Å². The predicted octanol–water partition coefficient (Wildman–Crippen LogP) is 3.08. The molecule has 8 nitrogen and oxygen atoms in total. The Morgan fingerprint density at radius 2 is 1.88 bits per heavy atom. The minimum atomic E-state index is -0.538. The number of esters is 2. The molecule has 0 saturated heterocycles. The van der Waals surface area contributed by atoms with Crippen molar-refractivity contribution in [1.29, 1.82) is 0 Å². The Labute approximate surface area is 147 Å². The second-order valence-corrected chi connectivity index (χ2v) is 6.52. The molecule has 0 bridgehead atoms. The Bertz CT molecular complexity index is 689. The molecule has 136 valence electrons. The normalized spacial score (nSPS) is 10.8. The third-order valence-electron chi connectivity index (χ3n) is 3.34. The monoisotopic (exact) mass is 348 g/mol. The molecule has 0 heterocycles. The van der Waals surface area contributed by atoms with E-state index >= 15 is 0 Å². The third-order valence-corrected chi connectivity index (χ3v) is 3.34. The summed E-state index contributed by atoms with van der Waals surface area (Å²) in [5, 5.41) is 6.61. The van der Waals surface area contributed by atoms with Gasteiger partial charge in [0.05, 0.1) is 20.1 Å². The average Bonchev–Trinajstić information content (AvgIpc) is 2.49. The van der Waals surface area contributed by atoms with E-state index in [2.05, 4.69) is 20.1 Å². The Morgan fingerprint density at radius 3 is 2.44 bits per heavy atom. The number of hydrogen-bond acceptors (Lipinski definition) is 6. The van der Waals surface area contributed by atoms with Crippen molar-refractivity contribution in [3.05, 3.63) is 39.3 Å². The van der Waals surface area contributed by atoms with Crippen LogP contribution in [0.25, 0.3) is 10.4 Å². The fourth-order valence-electron chi connectivity index (χ4n) is 2.20. The van der Waals surface area contributed by atoms with E-state index in [0.29, 0.717) is 17.8 Å². The minimum absolute atomic E-state index is 0.0504. The van der Waals surface area contributed by atoms with Crippen molar-refractivity contribution < 1.29 is 19.1 Å². The number of hydrogen-bond donors (Lipinski definition) is 1. The summed E-state index contributed by atoms with van der Waals surface area (Å²) in [4.78, 5) is 26.1. The van der Waals surface area contributed by atoms with Gasteiger partial charge in [-0.25, -0.2) is 0 Å². The minimum Gasteiger partial charge on any atom is -0.469 e. The molecule has 0 saturated carbocycles. The molecule has 1 aromatic rings. The number of methoxy groups -OCH3 is 1. The molecule has 0 spiro atoms. The molecule has 1 rings (SSSR count). The predicted molar refractivity (Wildman–Crippen MR) is 93.3 cm³/mol. The van der Waals surface area contributed by atoms with Crippen molar-refractivity contribution >= 4 is 17.6 Å². The van der Waals surface area contributed by atoms with E-state index in [0.717, 1.165) is 11.1 Å². The van der Waals surface area contributed by atoms with E-state index in [4.69, 9.17) is 10.3 Å². The molecule has 8 heteroatoms. The van der Waals surface area contributed by atoms with Gasteiger partial charge in [0.1, 0.15) is 5.60 Å². The molecule has 1 aromatic carbocycles. The van der Waals surface area contributed by atoms with Gasteiger partial charge in [-0.15, -0.1) is 0 Å². The first-order valence-electron chi connectivity index (χ1n) is 7.83. The Hall–Kier alpha value is -2.57. The van der Waals surface area contributed by atoms with Crippen molar-refractivity contribution in [2.45, 2.75) is 46.3 Å². The maximum atomic E-state index is 11.7. The molecule has 0 fully saturated rings. The zero-order valence-corrected chi connectivity index (χ0v) is 15.3. The van der Waals surface area contributed by atoms with E-state index < -0.39 is 5.60 Å².